The highest BCUT2D eigenvalue weighted by molar-refractivity contribution is 4.92. The van der Waals surface area contributed by atoms with Crippen molar-refractivity contribution in [2.24, 2.45) is 0 Å². The molecule has 0 aromatic rings. The van der Waals surface area contributed by atoms with Crippen molar-refractivity contribution in [3.8, 4) is 0 Å². The second kappa shape index (κ2) is 5.25. The van der Waals surface area contributed by atoms with Gasteiger partial charge in [0.1, 0.15) is 0 Å². The molecule has 1 N–H and O–H groups in total. The molecule has 2 saturated heterocycles. The van der Waals surface area contributed by atoms with Gasteiger partial charge in [-0.15, -0.1) is 0 Å². The van der Waals surface area contributed by atoms with Crippen LogP contribution in [0, 0.1) is 0 Å². The van der Waals surface area contributed by atoms with E-state index in [2.05, 4.69) is 37.9 Å². The van der Waals surface area contributed by atoms with Crippen LogP contribution in [0.4, 0.5) is 0 Å². The molecule has 2 heterocycles. The van der Waals surface area contributed by atoms with Gasteiger partial charge >= 0.3 is 0 Å². The normalized spacial score (nSPS) is 44.8. The number of hydrogen-bond donors (Lipinski definition) is 1. The first-order valence-corrected chi connectivity index (χ1v) is 7.17. The predicted octanol–water partition coefficient (Wildman–Crippen LogP) is 2.02. The van der Waals surface area contributed by atoms with Gasteiger partial charge in [0.2, 0.25) is 0 Å². The first kappa shape index (κ1) is 13.3. The Morgan fingerprint density at radius 3 is 2.88 bits per heavy atom. The van der Waals surface area contributed by atoms with Crippen molar-refractivity contribution >= 4 is 0 Å². The summed E-state index contributed by atoms with van der Waals surface area (Å²) in [7, 11) is 0. The number of nitrogens with one attached hydrogen (secondary N) is 1. The van der Waals surface area contributed by atoms with Crippen LogP contribution in [0.5, 0.6) is 0 Å². The first-order chi connectivity index (χ1) is 8.04. The number of ether oxygens (including phenoxy) is 1. The first-order valence-electron chi connectivity index (χ1n) is 7.17. The molecule has 0 radical (unpaired) electrons. The van der Waals surface area contributed by atoms with Crippen LogP contribution in [0.25, 0.3) is 0 Å². The highest BCUT2D eigenvalue weighted by Crippen LogP contribution is 2.31. The van der Waals surface area contributed by atoms with Gasteiger partial charge in [-0.2, -0.15) is 0 Å². The highest BCUT2D eigenvalue weighted by atomic mass is 16.5. The molecule has 2 rings (SSSR count). The van der Waals surface area contributed by atoms with Gasteiger partial charge in [0, 0.05) is 37.8 Å². The summed E-state index contributed by atoms with van der Waals surface area (Å²) in [6.07, 6.45) is 3.52. The standard InChI is InChI=1S/C14H28N2O/c1-5-14(4)8-13(6-7-17-14)16-10-11(2)15-9-12(16)3/h11-13,15H,5-10H2,1-4H3. The molecule has 17 heavy (non-hydrogen) atoms. The van der Waals surface area contributed by atoms with E-state index in [-0.39, 0.29) is 5.60 Å². The maximum absolute atomic E-state index is 5.96. The SMILES string of the molecule is CCC1(C)CC(N2CC(C)NCC2C)CCO1. The van der Waals surface area contributed by atoms with Crippen molar-refractivity contribution in [3.63, 3.8) is 0 Å². The van der Waals surface area contributed by atoms with E-state index < -0.39 is 0 Å². The maximum atomic E-state index is 5.96. The molecule has 0 bridgehead atoms. The monoisotopic (exact) mass is 240 g/mol. The van der Waals surface area contributed by atoms with E-state index in [4.69, 9.17) is 4.74 Å². The fourth-order valence-electron chi connectivity index (χ4n) is 3.19. The molecule has 0 aromatic carbocycles. The Morgan fingerprint density at radius 2 is 2.18 bits per heavy atom. The van der Waals surface area contributed by atoms with Gasteiger partial charge in [0.25, 0.3) is 0 Å². The molecule has 0 amide bonds. The maximum Gasteiger partial charge on any atom is 0.0666 e. The average Bonchev–Trinajstić information content (AvgIpc) is 2.32. The van der Waals surface area contributed by atoms with Crippen LogP contribution < -0.4 is 5.32 Å². The molecule has 3 heteroatoms. The van der Waals surface area contributed by atoms with Crippen LogP contribution in [0.15, 0.2) is 0 Å². The van der Waals surface area contributed by atoms with Crippen molar-refractivity contribution in [1.29, 1.82) is 0 Å². The van der Waals surface area contributed by atoms with Crippen molar-refractivity contribution in [2.75, 3.05) is 19.7 Å². The topological polar surface area (TPSA) is 24.5 Å². The summed E-state index contributed by atoms with van der Waals surface area (Å²) in [5.74, 6) is 0. The lowest BCUT2D eigenvalue weighted by Gasteiger charge is -2.47. The Kier molecular flexibility index (Phi) is 4.11. The Hall–Kier alpha value is -0.120. The van der Waals surface area contributed by atoms with E-state index >= 15 is 0 Å². The van der Waals surface area contributed by atoms with Gasteiger partial charge in [-0.05, 0) is 40.0 Å². The Balaban J connectivity index is 2.00. The molecule has 4 unspecified atom stereocenters. The number of hydrogen-bond acceptors (Lipinski definition) is 3. The lowest BCUT2D eigenvalue weighted by molar-refractivity contribution is -0.104. The van der Waals surface area contributed by atoms with E-state index in [1.54, 1.807) is 0 Å². The Morgan fingerprint density at radius 1 is 1.41 bits per heavy atom. The van der Waals surface area contributed by atoms with E-state index in [1.165, 1.54) is 19.4 Å². The summed E-state index contributed by atoms with van der Waals surface area (Å²) >= 11 is 0. The van der Waals surface area contributed by atoms with Gasteiger partial charge in [-0.3, -0.25) is 4.90 Å². The molecule has 2 aliphatic rings. The third-order valence-electron chi connectivity index (χ3n) is 4.60. The summed E-state index contributed by atoms with van der Waals surface area (Å²) in [4.78, 5) is 2.71. The summed E-state index contributed by atoms with van der Waals surface area (Å²) in [5.41, 5.74) is 0.108. The fourth-order valence-corrected chi connectivity index (χ4v) is 3.19. The van der Waals surface area contributed by atoms with Gasteiger partial charge in [0.05, 0.1) is 5.60 Å². The van der Waals surface area contributed by atoms with E-state index in [9.17, 15) is 0 Å². The average molecular weight is 240 g/mol. The summed E-state index contributed by atoms with van der Waals surface area (Å²) < 4.78 is 5.96. The smallest absolute Gasteiger partial charge is 0.0666 e. The lowest BCUT2D eigenvalue weighted by atomic mass is 9.88. The van der Waals surface area contributed by atoms with Crippen LogP contribution in [-0.2, 0) is 4.74 Å². The Bertz CT molecular complexity index is 259. The van der Waals surface area contributed by atoms with Crippen LogP contribution >= 0.6 is 0 Å². The van der Waals surface area contributed by atoms with Gasteiger partial charge in [-0.1, -0.05) is 6.92 Å². The van der Waals surface area contributed by atoms with Crippen molar-refractivity contribution in [2.45, 2.75) is 70.7 Å². The lowest BCUT2D eigenvalue weighted by Crippen LogP contribution is -2.60. The largest absolute Gasteiger partial charge is 0.375 e. The zero-order valence-electron chi connectivity index (χ0n) is 11.8. The molecule has 0 aliphatic carbocycles. The molecular weight excluding hydrogens is 212 g/mol. The molecule has 3 nitrogen and oxygen atoms in total. The third-order valence-corrected chi connectivity index (χ3v) is 4.60. The minimum atomic E-state index is 0.108. The quantitative estimate of drug-likeness (QED) is 0.799. The van der Waals surface area contributed by atoms with E-state index in [0.717, 1.165) is 19.6 Å². The number of rotatable bonds is 2. The molecule has 100 valence electrons. The summed E-state index contributed by atoms with van der Waals surface area (Å²) in [6.45, 7) is 12.4. The Labute approximate surface area is 106 Å². The van der Waals surface area contributed by atoms with Crippen LogP contribution in [0.1, 0.15) is 47.0 Å². The highest BCUT2D eigenvalue weighted by Gasteiger charge is 2.37. The second-order valence-electron chi connectivity index (χ2n) is 6.15. The molecule has 2 aliphatic heterocycles. The number of piperazine rings is 1. The fraction of sp³-hybridized carbons (Fsp3) is 1.00. The van der Waals surface area contributed by atoms with Crippen LogP contribution in [0.3, 0.4) is 0 Å². The van der Waals surface area contributed by atoms with E-state index in [0.29, 0.717) is 18.1 Å². The van der Waals surface area contributed by atoms with E-state index in [1.807, 2.05) is 0 Å². The third kappa shape index (κ3) is 3.01. The van der Waals surface area contributed by atoms with Gasteiger partial charge < -0.3 is 10.1 Å². The molecular formula is C14H28N2O. The molecule has 4 atom stereocenters. The minimum Gasteiger partial charge on any atom is -0.375 e. The number of nitrogens with zero attached hydrogens (tertiary/aromatic N) is 1. The van der Waals surface area contributed by atoms with Crippen LogP contribution in [0.2, 0.25) is 0 Å². The predicted molar refractivity (Wildman–Crippen MR) is 71.3 cm³/mol. The zero-order valence-corrected chi connectivity index (χ0v) is 11.8. The van der Waals surface area contributed by atoms with Crippen molar-refractivity contribution in [3.05, 3.63) is 0 Å². The zero-order chi connectivity index (χ0) is 12.5. The van der Waals surface area contributed by atoms with Crippen LogP contribution in [-0.4, -0.2) is 48.3 Å². The second-order valence-corrected chi connectivity index (χ2v) is 6.15. The minimum absolute atomic E-state index is 0.108. The summed E-state index contributed by atoms with van der Waals surface area (Å²) in [5, 5.41) is 3.56. The summed E-state index contributed by atoms with van der Waals surface area (Å²) in [6, 6.07) is 2.01. The molecule has 0 saturated carbocycles. The van der Waals surface area contributed by atoms with Gasteiger partial charge in [-0.25, -0.2) is 0 Å². The van der Waals surface area contributed by atoms with Crippen molar-refractivity contribution in [1.82, 2.24) is 10.2 Å². The van der Waals surface area contributed by atoms with Crippen molar-refractivity contribution < 1.29 is 4.74 Å². The van der Waals surface area contributed by atoms with Gasteiger partial charge in [0.15, 0.2) is 0 Å². The molecule has 0 spiro atoms. The molecule has 2 fully saturated rings. The molecule has 0 aromatic heterocycles.